The van der Waals surface area contributed by atoms with Crippen molar-refractivity contribution < 1.29 is 4.42 Å². The first-order chi connectivity index (χ1) is 6.86. The Morgan fingerprint density at radius 2 is 2.29 bits per heavy atom. The lowest BCUT2D eigenvalue weighted by atomic mass is 10.3. The minimum Gasteiger partial charge on any atom is -0.431 e. The maximum atomic E-state index is 11.3. The maximum absolute atomic E-state index is 11.3. The van der Waals surface area contributed by atoms with Crippen LogP contribution in [0, 0.1) is 0 Å². The summed E-state index contributed by atoms with van der Waals surface area (Å²) in [6, 6.07) is 1.65. The number of hydrogen-bond acceptors (Lipinski definition) is 5. The molecule has 0 atom stereocenters. The fraction of sp³-hybridized carbons (Fsp3) is 0. The van der Waals surface area contributed by atoms with E-state index < -0.39 is 5.63 Å². The van der Waals surface area contributed by atoms with E-state index in [9.17, 15) is 4.79 Å². The van der Waals surface area contributed by atoms with Gasteiger partial charge in [0.15, 0.2) is 0 Å². The second-order valence-electron chi connectivity index (χ2n) is 2.74. The fourth-order valence-electron chi connectivity index (χ4n) is 1.34. The number of fused-ring (bicyclic) bond motifs is 3. The van der Waals surface area contributed by atoms with Gasteiger partial charge in [-0.15, -0.1) is 0 Å². The van der Waals surface area contributed by atoms with Crippen LogP contribution in [0.25, 0.3) is 16.7 Å². The molecule has 0 aliphatic carbocycles. The molecule has 3 aromatic heterocycles. The Morgan fingerprint density at radius 1 is 1.36 bits per heavy atom. The Balaban J connectivity index is 2.71. The summed E-state index contributed by atoms with van der Waals surface area (Å²) in [5.74, 6) is 0.461. The fourth-order valence-corrected chi connectivity index (χ4v) is 1.34. The molecule has 0 saturated heterocycles. The molecule has 0 radical (unpaired) electrons. The molecule has 0 spiro atoms. The standard InChI is InChI=1S/C8H4N4O2/c13-7-5-3-9-8-10-4-11-12(8)6(5)1-2-14-7/h1-4H. The van der Waals surface area contributed by atoms with Crippen LogP contribution in [-0.4, -0.2) is 19.6 Å². The summed E-state index contributed by atoms with van der Waals surface area (Å²) in [7, 11) is 0. The summed E-state index contributed by atoms with van der Waals surface area (Å²) in [5, 5.41) is 4.34. The van der Waals surface area contributed by atoms with Gasteiger partial charge in [-0.3, -0.25) is 0 Å². The van der Waals surface area contributed by atoms with Crippen molar-refractivity contribution in [3.05, 3.63) is 35.3 Å². The van der Waals surface area contributed by atoms with Crippen LogP contribution in [0.1, 0.15) is 0 Å². The molecule has 0 N–H and O–H groups in total. The summed E-state index contributed by atoms with van der Waals surface area (Å²) in [4.78, 5) is 19.1. The third kappa shape index (κ3) is 0.792. The average molecular weight is 188 g/mol. The first kappa shape index (κ1) is 7.19. The molecule has 14 heavy (non-hydrogen) atoms. The molecule has 6 nitrogen and oxygen atoms in total. The highest BCUT2D eigenvalue weighted by molar-refractivity contribution is 5.77. The van der Waals surface area contributed by atoms with Crippen LogP contribution in [0.15, 0.2) is 34.1 Å². The van der Waals surface area contributed by atoms with Crippen molar-refractivity contribution in [3.63, 3.8) is 0 Å². The first-order valence-corrected chi connectivity index (χ1v) is 3.92. The van der Waals surface area contributed by atoms with E-state index in [1.807, 2.05) is 0 Å². The zero-order valence-corrected chi connectivity index (χ0v) is 6.91. The molecule has 0 aromatic carbocycles. The number of rotatable bonds is 0. The third-order valence-electron chi connectivity index (χ3n) is 1.96. The van der Waals surface area contributed by atoms with Gasteiger partial charge in [-0.2, -0.15) is 14.6 Å². The third-order valence-corrected chi connectivity index (χ3v) is 1.96. The number of hydrogen-bond donors (Lipinski definition) is 0. The van der Waals surface area contributed by atoms with E-state index in [2.05, 4.69) is 15.1 Å². The quantitative estimate of drug-likeness (QED) is 0.505. The summed E-state index contributed by atoms with van der Waals surface area (Å²) in [5.41, 5.74) is 0.219. The van der Waals surface area contributed by atoms with Gasteiger partial charge in [0.05, 0.1) is 11.8 Å². The van der Waals surface area contributed by atoms with E-state index in [4.69, 9.17) is 4.42 Å². The molecule has 0 fully saturated rings. The Kier molecular flexibility index (Phi) is 1.22. The van der Waals surface area contributed by atoms with Crippen LogP contribution in [0.4, 0.5) is 0 Å². The van der Waals surface area contributed by atoms with Crippen molar-refractivity contribution in [3.8, 4) is 0 Å². The molecule has 0 aliphatic heterocycles. The van der Waals surface area contributed by atoms with E-state index in [-0.39, 0.29) is 0 Å². The van der Waals surface area contributed by atoms with Crippen LogP contribution in [0.2, 0.25) is 0 Å². The van der Waals surface area contributed by atoms with Crippen LogP contribution in [-0.2, 0) is 0 Å². The monoisotopic (exact) mass is 188 g/mol. The van der Waals surface area contributed by atoms with E-state index >= 15 is 0 Å². The zero-order chi connectivity index (χ0) is 9.54. The lowest BCUT2D eigenvalue weighted by Gasteiger charge is -1.96. The Hall–Kier alpha value is -2.24. The first-order valence-electron chi connectivity index (χ1n) is 3.92. The minimum atomic E-state index is -0.424. The Labute approximate surface area is 76.8 Å². The predicted octanol–water partition coefficient (Wildman–Crippen LogP) is 0.231. The van der Waals surface area contributed by atoms with E-state index in [0.29, 0.717) is 16.7 Å². The van der Waals surface area contributed by atoms with E-state index in [1.165, 1.54) is 23.3 Å². The molecule has 3 heterocycles. The van der Waals surface area contributed by atoms with Gasteiger partial charge in [0.2, 0.25) is 0 Å². The largest absolute Gasteiger partial charge is 0.431 e. The lowest BCUT2D eigenvalue weighted by molar-refractivity contribution is 0.518. The normalized spacial score (nSPS) is 11.1. The molecule has 3 rings (SSSR count). The summed E-state index contributed by atoms with van der Waals surface area (Å²) in [6.45, 7) is 0. The number of aromatic nitrogens is 4. The molecule has 6 heteroatoms. The second-order valence-corrected chi connectivity index (χ2v) is 2.74. The average Bonchev–Trinajstić information content (AvgIpc) is 2.66. The molecule has 68 valence electrons. The summed E-state index contributed by atoms with van der Waals surface area (Å²) < 4.78 is 6.20. The Bertz CT molecular complexity index is 669. The van der Waals surface area contributed by atoms with Crippen molar-refractivity contribution in [2.24, 2.45) is 0 Å². The minimum absolute atomic E-state index is 0.394. The van der Waals surface area contributed by atoms with Crippen molar-refractivity contribution >= 4 is 16.7 Å². The molecule has 0 bridgehead atoms. The maximum Gasteiger partial charge on any atom is 0.346 e. The van der Waals surface area contributed by atoms with Crippen molar-refractivity contribution in [2.75, 3.05) is 0 Å². The molecular formula is C8H4N4O2. The second kappa shape index (κ2) is 2.38. The van der Waals surface area contributed by atoms with Crippen molar-refractivity contribution in [1.82, 2.24) is 19.6 Å². The van der Waals surface area contributed by atoms with Crippen molar-refractivity contribution in [1.29, 1.82) is 0 Å². The molecule has 0 saturated carbocycles. The van der Waals surface area contributed by atoms with Gasteiger partial charge in [-0.05, 0) is 0 Å². The van der Waals surface area contributed by atoms with Gasteiger partial charge in [-0.25, -0.2) is 9.78 Å². The predicted molar refractivity (Wildman–Crippen MR) is 46.8 cm³/mol. The lowest BCUT2D eigenvalue weighted by Crippen LogP contribution is -2.03. The van der Waals surface area contributed by atoms with Gasteiger partial charge in [0.1, 0.15) is 11.7 Å². The highest BCUT2D eigenvalue weighted by Gasteiger charge is 2.05. The van der Waals surface area contributed by atoms with Gasteiger partial charge >= 0.3 is 5.63 Å². The van der Waals surface area contributed by atoms with Gasteiger partial charge in [0, 0.05) is 12.3 Å². The van der Waals surface area contributed by atoms with Crippen LogP contribution in [0.5, 0.6) is 0 Å². The van der Waals surface area contributed by atoms with Gasteiger partial charge < -0.3 is 4.42 Å². The van der Waals surface area contributed by atoms with E-state index in [0.717, 1.165) is 0 Å². The summed E-state index contributed by atoms with van der Waals surface area (Å²) >= 11 is 0. The topological polar surface area (TPSA) is 73.3 Å². The van der Waals surface area contributed by atoms with E-state index in [1.54, 1.807) is 6.07 Å². The molecule has 0 amide bonds. The van der Waals surface area contributed by atoms with Crippen LogP contribution in [0.3, 0.4) is 0 Å². The smallest absolute Gasteiger partial charge is 0.346 e. The van der Waals surface area contributed by atoms with Crippen molar-refractivity contribution in [2.45, 2.75) is 0 Å². The number of nitrogens with zero attached hydrogens (tertiary/aromatic N) is 4. The summed E-state index contributed by atoms with van der Waals surface area (Å²) in [6.07, 6.45) is 4.15. The molecular weight excluding hydrogens is 184 g/mol. The SMILES string of the molecule is O=c1occc2c1cnc1ncnn12. The van der Waals surface area contributed by atoms with Gasteiger partial charge in [-0.1, -0.05) is 0 Å². The zero-order valence-electron chi connectivity index (χ0n) is 6.91. The van der Waals surface area contributed by atoms with Crippen LogP contribution < -0.4 is 5.63 Å². The molecule has 3 aromatic rings. The highest BCUT2D eigenvalue weighted by atomic mass is 16.4. The molecule has 0 unspecified atom stereocenters. The Morgan fingerprint density at radius 3 is 3.21 bits per heavy atom. The van der Waals surface area contributed by atoms with Crippen LogP contribution >= 0.6 is 0 Å². The molecule has 0 aliphatic rings. The highest BCUT2D eigenvalue weighted by Crippen LogP contribution is 2.07. The van der Waals surface area contributed by atoms with Gasteiger partial charge in [0.25, 0.3) is 5.78 Å².